The summed E-state index contributed by atoms with van der Waals surface area (Å²) in [6, 6.07) is 1.72. The van der Waals surface area contributed by atoms with Gasteiger partial charge in [-0.2, -0.15) is 0 Å². The molecule has 0 unspecified atom stereocenters. The van der Waals surface area contributed by atoms with E-state index in [9.17, 15) is 4.79 Å². The predicted molar refractivity (Wildman–Crippen MR) is 89.1 cm³/mol. The first-order valence-electron chi connectivity index (χ1n) is 8.24. The second kappa shape index (κ2) is 8.51. The largest absolute Gasteiger partial charge is 0.370 e. The van der Waals surface area contributed by atoms with Gasteiger partial charge in [-0.15, -0.1) is 0 Å². The third-order valence-electron chi connectivity index (χ3n) is 3.74. The van der Waals surface area contributed by atoms with Crippen LogP contribution in [0.15, 0.2) is 17.7 Å². The Kier molecular flexibility index (Phi) is 6.37. The fraction of sp³-hybridized carbons (Fsp3) is 0.588. The summed E-state index contributed by atoms with van der Waals surface area (Å²) in [6.07, 6.45) is 9.20. The Labute approximate surface area is 132 Å². The molecule has 0 radical (unpaired) electrons. The number of carbonyl (C=O) groups is 1. The van der Waals surface area contributed by atoms with E-state index in [1.807, 2.05) is 0 Å². The molecule has 0 spiro atoms. The molecule has 1 aliphatic rings. The Morgan fingerprint density at radius 3 is 2.86 bits per heavy atom. The van der Waals surface area contributed by atoms with Crippen LogP contribution in [-0.2, 0) is 0 Å². The minimum Gasteiger partial charge on any atom is -0.370 e. The lowest BCUT2D eigenvalue weighted by molar-refractivity contribution is 0.0948. The highest BCUT2D eigenvalue weighted by atomic mass is 16.1. The SMILES string of the molecule is CCCNc1cc(C(=O)NCCC2=CCCCC2)nc(C)n1. The smallest absolute Gasteiger partial charge is 0.270 e. The van der Waals surface area contributed by atoms with E-state index >= 15 is 0 Å². The predicted octanol–water partition coefficient (Wildman–Crippen LogP) is 3.23. The molecule has 1 amide bonds. The van der Waals surface area contributed by atoms with Gasteiger partial charge < -0.3 is 10.6 Å². The Morgan fingerprint density at radius 2 is 2.14 bits per heavy atom. The second-order valence-corrected chi connectivity index (χ2v) is 5.73. The van der Waals surface area contributed by atoms with E-state index in [0.717, 1.165) is 25.2 Å². The molecular weight excluding hydrogens is 276 g/mol. The van der Waals surface area contributed by atoms with Gasteiger partial charge in [0.15, 0.2) is 0 Å². The van der Waals surface area contributed by atoms with Crippen molar-refractivity contribution in [2.75, 3.05) is 18.4 Å². The summed E-state index contributed by atoms with van der Waals surface area (Å²) in [6.45, 7) is 5.41. The summed E-state index contributed by atoms with van der Waals surface area (Å²) < 4.78 is 0. The van der Waals surface area contributed by atoms with E-state index in [1.54, 1.807) is 13.0 Å². The molecule has 0 fully saturated rings. The van der Waals surface area contributed by atoms with Gasteiger partial charge in [0, 0.05) is 19.2 Å². The molecule has 5 heteroatoms. The van der Waals surface area contributed by atoms with Crippen LogP contribution in [0, 0.1) is 6.92 Å². The fourth-order valence-electron chi connectivity index (χ4n) is 2.59. The van der Waals surface area contributed by atoms with Crippen LogP contribution >= 0.6 is 0 Å². The highest BCUT2D eigenvalue weighted by Gasteiger charge is 2.11. The maximum Gasteiger partial charge on any atom is 0.270 e. The summed E-state index contributed by atoms with van der Waals surface area (Å²) in [5.74, 6) is 1.21. The normalized spacial score (nSPS) is 14.4. The van der Waals surface area contributed by atoms with Crippen molar-refractivity contribution in [1.82, 2.24) is 15.3 Å². The van der Waals surface area contributed by atoms with E-state index in [0.29, 0.717) is 18.1 Å². The van der Waals surface area contributed by atoms with Gasteiger partial charge in [0.1, 0.15) is 17.3 Å². The van der Waals surface area contributed by atoms with Gasteiger partial charge in [-0.25, -0.2) is 9.97 Å². The number of aromatic nitrogens is 2. The molecule has 1 aliphatic carbocycles. The lowest BCUT2D eigenvalue weighted by Crippen LogP contribution is -2.26. The Hall–Kier alpha value is -1.91. The van der Waals surface area contributed by atoms with Crippen LogP contribution < -0.4 is 10.6 Å². The average Bonchev–Trinajstić information content (AvgIpc) is 2.53. The van der Waals surface area contributed by atoms with E-state index in [1.165, 1.54) is 31.3 Å². The van der Waals surface area contributed by atoms with Crippen molar-refractivity contribution in [3.63, 3.8) is 0 Å². The quantitative estimate of drug-likeness (QED) is 0.759. The first kappa shape index (κ1) is 16.5. The molecule has 5 nitrogen and oxygen atoms in total. The first-order chi connectivity index (χ1) is 10.7. The zero-order valence-corrected chi connectivity index (χ0v) is 13.6. The number of aryl methyl sites for hydroxylation is 1. The van der Waals surface area contributed by atoms with Crippen molar-refractivity contribution >= 4 is 11.7 Å². The molecule has 2 rings (SSSR count). The third kappa shape index (κ3) is 5.13. The van der Waals surface area contributed by atoms with Crippen LogP contribution in [-0.4, -0.2) is 29.0 Å². The monoisotopic (exact) mass is 302 g/mol. The highest BCUT2D eigenvalue weighted by Crippen LogP contribution is 2.19. The number of nitrogens with zero attached hydrogens (tertiary/aromatic N) is 2. The lowest BCUT2D eigenvalue weighted by Gasteiger charge is -2.13. The lowest BCUT2D eigenvalue weighted by atomic mass is 9.97. The van der Waals surface area contributed by atoms with Crippen molar-refractivity contribution in [2.24, 2.45) is 0 Å². The molecule has 0 aromatic carbocycles. The van der Waals surface area contributed by atoms with Gasteiger partial charge >= 0.3 is 0 Å². The van der Waals surface area contributed by atoms with Gasteiger partial charge in [-0.3, -0.25) is 4.79 Å². The van der Waals surface area contributed by atoms with Crippen molar-refractivity contribution < 1.29 is 4.79 Å². The second-order valence-electron chi connectivity index (χ2n) is 5.73. The topological polar surface area (TPSA) is 66.9 Å². The number of nitrogens with one attached hydrogen (secondary N) is 2. The molecule has 0 bridgehead atoms. The average molecular weight is 302 g/mol. The van der Waals surface area contributed by atoms with Gasteiger partial charge in [-0.05, 0) is 45.4 Å². The third-order valence-corrected chi connectivity index (χ3v) is 3.74. The zero-order chi connectivity index (χ0) is 15.8. The van der Waals surface area contributed by atoms with Crippen LogP contribution in [0.4, 0.5) is 5.82 Å². The minimum atomic E-state index is -0.124. The summed E-state index contributed by atoms with van der Waals surface area (Å²) in [5, 5.41) is 6.16. The Bertz CT molecular complexity index is 539. The maximum absolute atomic E-state index is 12.2. The van der Waals surface area contributed by atoms with Gasteiger partial charge in [0.05, 0.1) is 0 Å². The van der Waals surface area contributed by atoms with Gasteiger partial charge in [0.25, 0.3) is 5.91 Å². The van der Waals surface area contributed by atoms with Crippen molar-refractivity contribution in [3.05, 3.63) is 29.2 Å². The number of hydrogen-bond donors (Lipinski definition) is 2. The molecular formula is C17H26N4O. The van der Waals surface area contributed by atoms with E-state index in [4.69, 9.17) is 0 Å². The molecule has 1 heterocycles. The maximum atomic E-state index is 12.2. The molecule has 2 N–H and O–H groups in total. The van der Waals surface area contributed by atoms with Gasteiger partial charge in [-0.1, -0.05) is 18.6 Å². The molecule has 0 saturated carbocycles. The zero-order valence-electron chi connectivity index (χ0n) is 13.6. The highest BCUT2D eigenvalue weighted by molar-refractivity contribution is 5.92. The summed E-state index contributed by atoms with van der Waals surface area (Å²) >= 11 is 0. The van der Waals surface area contributed by atoms with Crippen LogP contribution in [0.2, 0.25) is 0 Å². The van der Waals surface area contributed by atoms with E-state index in [-0.39, 0.29) is 5.91 Å². The molecule has 120 valence electrons. The van der Waals surface area contributed by atoms with Crippen LogP contribution in [0.25, 0.3) is 0 Å². The van der Waals surface area contributed by atoms with Crippen molar-refractivity contribution in [1.29, 1.82) is 0 Å². The van der Waals surface area contributed by atoms with Crippen LogP contribution in [0.1, 0.15) is 61.8 Å². The molecule has 0 saturated heterocycles. The number of carbonyl (C=O) groups excluding carboxylic acids is 1. The summed E-state index contributed by atoms with van der Waals surface area (Å²) in [5.41, 5.74) is 1.90. The van der Waals surface area contributed by atoms with E-state index < -0.39 is 0 Å². The first-order valence-corrected chi connectivity index (χ1v) is 8.24. The van der Waals surface area contributed by atoms with Crippen LogP contribution in [0.5, 0.6) is 0 Å². The number of amides is 1. The van der Waals surface area contributed by atoms with Crippen molar-refractivity contribution in [3.8, 4) is 0 Å². The minimum absolute atomic E-state index is 0.124. The summed E-state index contributed by atoms with van der Waals surface area (Å²) in [7, 11) is 0. The van der Waals surface area contributed by atoms with Crippen LogP contribution in [0.3, 0.4) is 0 Å². The van der Waals surface area contributed by atoms with E-state index in [2.05, 4.69) is 33.6 Å². The Morgan fingerprint density at radius 1 is 1.27 bits per heavy atom. The summed E-state index contributed by atoms with van der Waals surface area (Å²) in [4.78, 5) is 20.7. The number of hydrogen-bond acceptors (Lipinski definition) is 4. The number of rotatable bonds is 7. The molecule has 0 atom stereocenters. The van der Waals surface area contributed by atoms with Crippen molar-refractivity contribution in [2.45, 2.75) is 52.4 Å². The molecule has 0 aliphatic heterocycles. The number of allylic oxidation sites excluding steroid dienone is 1. The Balaban J connectivity index is 1.88. The molecule has 1 aromatic heterocycles. The van der Waals surface area contributed by atoms with Gasteiger partial charge in [0.2, 0.25) is 0 Å². The molecule has 1 aromatic rings. The fourth-order valence-corrected chi connectivity index (χ4v) is 2.59. The molecule has 22 heavy (non-hydrogen) atoms. The number of anilines is 1. The standard InChI is InChI=1S/C17H26N4O/c1-3-10-18-16-12-15(20-13(2)21-16)17(22)19-11-9-14-7-5-4-6-8-14/h7,12H,3-6,8-11H2,1-2H3,(H,19,22)(H,18,20,21).